The Bertz CT molecular complexity index is 993. The minimum Gasteiger partial charge on any atom is -0.306 e. The number of aromatic nitrogens is 3. The molecule has 0 radical (unpaired) electrons. The number of halogens is 1. The lowest BCUT2D eigenvalue weighted by Crippen LogP contribution is -2.16. The maximum absolute atomic E-state index is 13.1. The molecular formula is C22H25BrN4OS. The molecule has 0 aliphatic heterocycles. The zero-order chi connectivity index (χ0) is 21.0. The third-order valence-corrected chi connectivity index (χ3v) is 5.99. The van der Waals surface area contributed by atoms with Gasteiger partial charge < -0.3 is 5.32 Å². The number of hydrogen-bond donors (Lipinski definition) is 1. The number of thioether (sulfide) groups is 1. The Morgan fingerprint density at radius 3 is 2.59 bits per heavy atom. The maximum atomic E-state index is 13.1. The summed E-state index contributed by atoms with van der Waals surface area (Å²) in [5.41, 5.74) is 2.22. The van der Waals surface area contributed by atoms with Crippen LogP contribution < -0.4 is 5.32 Å². The number of amides is 1. The lowest BCUT2D eigenvalue weighted by atomic mass is 9.92. The lowest BCUT2D eigenvalue weighted by molar-refractivity contribution is 0.102. The second-order valence-corrected chi connectivity index (χ2v) is 9.71. The van der Waals surface area contributed by atoms with Crippen molar-refractivity contribution in [2.45, 2.75) is 44.6 Å². The van der Waals surface area contributed by atoms with Crippen LogP contribution in [0.1, 0.15) is 50.2 Å². The number of carbonyl (C=O) groups excluding carboxylic acids is 1. The third kappa shape index (κ3) is 5.28. The molecular weight excluding hydrogens is 448 g/mol. The first-order chi connectivity index (χ1) is 13.8. The van der Waals surface area contributed by atoms with Gasteiger partial charge in [0.25, 0.3) is 5.91 Å². The molecule has 1 aromatic carbocycles. The molecule has 29 heavy (non-hydrogen) atoms. The summed E-state index contributed by atoms with van der Waals surface area (Å²) in [6.07, 6.45) is 2.74. The highest BCUT2D eigenvalue weighted by atomic mass is 79.9. The van der Waals surface area contributed by atoms with Gasteiger partial charge in [0.05, 0.1) is 16.9 Å². The smallest absolute Gasteiger partial charge is 0.259 e. The summed E-state index contributed by atoms with van der Waals surface area (Å²) in [5, 5.41) is 8.56. The lowest BCUT2D eigenvalue weighted by Gasteiger charge is -2.14. The van der Waals surface area contributed by atoms with Crippen molar-refractivity contribution in [3.63, 3.8) is 0 Å². The average Bonchev–Trinajstić information content (AvgIpc) is 3.11. The summed E-state index contributed by atoms with van der Waals surface area (Å²) in [7, 11) is 0. The van der Waals surface area contributed by atoms with E-state index in [9.17, 15) is 4.79 Å². The molecule has 0 aliphatic rings. The Hall–Kier alpha value is -2.12. The molecule has 0 atom stereocenters. The van der Waals surface area contributed by atoms with Crippen molar-refractivity contribution in [1.82, 2.24) is 14.8 Å². The van der Waals surface area contributed by atoms with Crippen molar-refractivity contribution in [2.24, 2.45) is 0 Å². The first-order valence-electron chi connectivity index (χ1n) is 9.55. The van der Waals surface area contributed by atoms with Crippen molar-refractivity contribution >= 4 is 39.4 Å². The van der Waals surface area contributed by atoms with E-state index in [0.717, 1.165) is 33.1 Å². The van der Waals surface area contributed by atoms with E-state index in [4.69, 9.17) is 5.10 Å². The van der Waals surface area contributed by atoms with E-state index in [0.29, 0.717) is 11.4 Å². The molecule has 0 saturated heterocycles. The summed E-state index contributed by atoms with van der Waals surface area (Å²) in [6, 6.07) is 13.4. The number of rotatable bonds is 6. The van der Waals surface area contributed by atoms with Gasteiger partial charge in [0, 0.05) is 22.2 Å². The van der Waals surface area contributed by atoms with Crippen molar-refractivity contribution < 1.29 is 4.79 Å². The zero-order valence-electron chi connectivity index (χ0n) is 17.1. The quantitative estimate of drug-likeness (QED) is 0.441. The Labute approximate surface area is 184 Å². The molecule has 0 fully saturated rings. The largest absolute Gasteiger partial charge is 0.306 e. The van der Waals surface area contributed by atoms with Gasteiger partial charge in [-0.15, -0.1) is 11.8 Å². The van der Waals surface area contributed by atoms with Crippen LogP contribution in [0, 0.1) is 0 Å². The second kappa shape index (κ2) is 9.13. The molecule has 2 aromatic heterocycles. The highest BCUT2D eigenvalue weighted by molar-refractivity contribution is 9.10. The first kappa shape index (κ1) is 21.6. The number of benzene rings is 1. The highest BCUT2D eigenvalue weighted by Crippen LogP contribution is 2.28. The van der Waals surface area contributed by atoms with E-state index in [1.807, 2.05) is 36.4 Å². The number of nitrogens with one attached hydrogen (secondary N) is 1. The van der Waals surface area contributed by atoms with Crippen LogP contribution in [0.4, 0.5) is 5.82 Å². The Morgan fingerprint density at radius 2 is 1.93 bits per heavy atom. The van der Waals surface area contributed by atoms with Crippen LogP contribution >= 0.6 is 27.7 Å². The molecule has 2 heterocycles. The number of carbonyl (C=O) groups is 1. The first-order valence-corrected chi connectivity index (χ1v) is 11.3. The second-order valence-electron chi connectivity index (χ2n) is 7.71. The van der Waals surface area contributed by atoms with Gasteiger partial charge in [-0.25, -0.2) is 9.67 Å². The summed E-state index contributed by atoms with van der Waals surface area (Å²) >= 11 is 5.06. The molecule has 7 heteroatoms. The number of pyridine rings is 1. The monoisotopic (exact) mass is 472 g/mol. The zero-order valence-corrected chi connectivity index (χ0v) is 19.5. The summed E-state index contributed by atoms with van der Waals surface area (Å²) in [4.78, 5) is 17.5. The van der Waals surface area contributed by atoms with Gasteiger partial charge >= 0.3 is 0 Å². The van der Waals surface area contributed by atoms with E-state index in [1.54, 1.807) is 28.7 Å². The minimum atomic E-state index is -0.185. The Balaban J connectivity index is 1.97. The number of hydrogen-bond acceptors (Lipinski definition) is 4. The van der Waals surface area contributed by atoms with Crippen molar-refractivity contribution in [3.05, 3.63) is 64.4 Å². The summed E-state index contributed by atoms with van der Waals surface area (Å²) < 4.78 is 2.77. The van der Waals surface area contributed by atoms with Gasteiger partial charge in [0.15, 0.2) is 0 Å². The van der Waals surface area contributed by atoms with E-state index >= 15 is 0 Å². The van der Waals surface area contributed by atoms with Crippen LogP contribution in [0.5, 0.6) is 0 Å². The van der Waals surface area contributed by atoms with Crippen LogP contribution in [0.3, 0.4) is 0 Å². The Kier molecular flexibility index (Phi) is 6.80. The van der Waals surface area contributed by atoms with Gasteiger partial charge in [-0.05, 0) is 48.6 Å². The minimum absolute atomic E-state index is 0.142. The van der Waals surface area contributed by atoms with Crippen LogP contribution in [0.25, 0.3) is 5.69 Å². The summed E-state index contributed by atoms with van der Waals surface area (Å²) in [5.74, 6) is 1.37. The van der Waals surface area contributed by atoms with Gasteiger partial charge in [-0.3, -0.25) is 4.79 Å². The Morgan fingerprint density at radius 1 is 1.21 bits per heavy atom. The molecule has 3 aromatic rings. The standard InChI is InChI=1S/C22H25BrN4OS/c1-5-13-29-21-17(7-6-12-24-21)20(28)25-19-14-18(22(2,3)4)26-27(19)16-10-8-15(23)9-11-16/h6-12,14H,5,13H2,1-4H3,(H,25,28). The predicted octanol–water partition coefficient (Wildman–Crippen LogP) is 6.08. The van der Waals surface area contributed by atoms with E-state index < -0.39 is 0 Å². The molecule has 3 rings (SSSR count). The van der Waals surface area contributed by atoms with Crippen LogP contribution in [0.2, 0.25) is 0 Å². The normalized spacial score (nSPS) is 11.5. The fourth-order valence-electron chi connectivity index (χ4n) is 2.68. The average molecular weight is 473 g/mol. The van der Waals surface area contributed by atoms with E-state index in [-0.39, 0.29) is 11.3 Å². The molecule has 5 nitrogen and oxygen atoms in total. The molecule has 1 amide bonds. The van der Waals surface area contributed by atoms with Crippen LogP contribution in [-0.2, 0) is 5.41 Å². The SMILES string of the molecule is CCCSc1ncccc1C(=O)Nc1cc(C(C)(C)C)nn1-c1ccc(Br)cc1. The van der Waals surface area contributed by atoms with E-state index in [2.05, 4.69) is 53.9 Å². The number of nitrogens with zero attached hydrogens (tertiary/aromatic N) is 3. The summed E-state index contributed by atoms with van der Waals surface area (Å²) in [6.45, 7) is 8.43. The van der Waals surface area contributed by atoms with Crippen LogP contribution in [-0.4, -0.2) is 26.4 Å². The van der Waals surface area contributed by atoms with Crippen molar-refractivity contribution in [3.8, 4) is 5.69 Å². The highest BCUT2D eigenvalue weighted by Gasteiger charge is 2.22. The van der Waals surface area contributed by atoms with E-state index in [1.165, 1.54) is 0 Å². The molecule has 152 valence electrons. The fourth-order valence-corrected chi connectivity index (χ4v) is 3.79. The van der Waals surface area contributed by atoms with Gasteiger partial charge in [-0.2, -0.15) is 5.10 Å². The molecule has 0 unspecified atom stereocenters. The topological polar surface area (TPSA) is 59.8 Å². The molecule has 0 aliphatic carbocycles. The molecule has 0 bridgehead atoms. The fraction of sp³-hybridized carbons (Fsp3) is 0.318. The van der Waals surface area contributed by atoms with Crippen LogP contribution in [0.15, 0.2) is 58.2 Å². The third-order valence-electron chi connectivity index (χ3n) is 4.25. The van der Waals surface area contributed by atoms with Gasteiger partial charge in [0.2, 0.25) is 0 Å². The van der Waals surface area contributed by atoms with Gasteiger partial charge in [0.1, 0.15) is 10.8 Å². The molecule has 1 N–H and O–H groups in total. The molecule has 0 saturated carbocycles. The van der Waals surface area contributed by atoms with Crippen molar-refractivity contribution in [2.75, 3.05) is 11.1 Å². The molecule has 0 spiro atoms. The van der Waals surface area contributed by atoms with Gasteiger partial charge in [-0.1, -0.05) is 43.6 Å². The number of anilines is 1. The maximum Gasteiger partial charge on any atom is 0.259 e. The van der Waals surface area contributed by atoms with Crippen molar-refractivity contribution in [1.29, 1.82) is 0 Å². The predicted molar refractivity (Wildman–Crippen MR) is 123 cm³/mol.